The van der Waals surface area contributed by atoms with Crippen LogP contribution < -0.4 is 11.0 Å². The molecule has 0 atom stereocenters. The predicted octanol–water partition coefficient (Wildman–Crippen LogP) is 0.975. The Morgan fingerprint density at radius 3 is 2.92 bits per heavy atom. The molecule has 1 aromatic heterocycles. The predicted molar refractivity (Wildman–Crippen MR) is 55.0 cm³/mol. The summed E-state index contributed by atoms with van der Waals surface area (Å²) in [6.45, 7) is 0. The summed E-state index contributed by atoms with van der Waals surface area (Å²) in [7, 11) is 5.59. The summed E-state index contributed by atoms with van der Waals surface area (Å²) < 4.78 is 0. The Morgan fingerprint density at radius 2 is 2.15 bits per heavy atom. The van der Waals surface area contributed by atoms with Gasteiger partial charge in [-0.15, -0.1) is 0 Å². The zero-order valence-electron chi connectivity index (χ0n) is 6.67. The van der Waals surface area contributed by atoms with Crippen molar-refractivity contribution < 1.29 is 0 Å². The van der Waals surface area contributed by atoms with Gasteiger partial charge in [-0.1, -0.05) is 23.1 Å². The average Bonchev–Trinajstić information content (AvgIpc) is 2.09. The van der Waals surface area contributed by atoms with E-state index >= 15 is 0 Å². The molecule has 2 rings (SSSR count). The van der Waals surface area contributed by atoms with Gasteiger partial charge in [0, 0.05) is 16.6 Å². The van der Waals surface area contributed by atoms with Gasteiger partial charge in [0.15, 0.2) is 0 Å². The van der Waals surface area contributed by atoms with Crippen LogP contribution in [-0.2, 0) is 0 Å². The second-order valence-electron chi connectivity index (χ2n) is 2.77. The molecule has 1 N–H and O–H groups in total. The van der Waals surface area contributed by atoms with Gasteiger partial charge in [-0.25, -0.2) is 0 Å². The lowest BCUT2D eigenvalue weighted by Crippen LogP contribution is -2.09. The second kappa shape index (κ2) is 2.93. The van der Waals surface area contributed by atoms with Crippen LogP contribution in [-0.4, -0.2) is 12.8 Å². The normalized spacial score (nSPS) is 10.5. The van der Waals surface area contributed by atoms with Crippen molar-refractivity contribution in [3.8, 4) is 0 Å². The standard InChI is InChI=1S/C9H5BClNO/c10-7-3-5-1-2-12-9(13)6(5)4-8(7)11/h1-4H,(H,12,13). The zero-order chi connectivity index (χ0) is 9.42. The van der Waals surface area contributed by atoms with Crippen LogP contribution in [0.15, 0.2) is 29.2 Å². The Hall–Kier alpha value is -1.22. The minimum absolute atomic E-state index is 0.153. The van der Waals surface area contributed by atoms with Gasteiger partial charge in [-0.3, -0.25) is 4.79 Å². The van der Waals surface area contributed by atoms with Crippen molar-refractivity contribution in [1.82, 2.24) is 4.98 Å². The number of aromatic amines is 1. The van der Waals surface area contributed by atoms with Crippen molar-refractivity contribution >= 4 is 35.7 Å². The number of fused-ring (bicyclic) bond motifs is 1. The third-order valence-electron chi connectivity index (χ3n) is 1.89. The third kappa shape index (κ3) is 1.35. The summed E-state index contributed by atoms with van der Waals surface area (Å²) >= 11 is 5.78. The minimum Gasteiger partial charge on any atom is -0.329 e. The molecule has 2 radical (unpaired) electrons. The first-order valence-corrected chi connectivity index (χ1v) is 4.13. The summed E-state index contributed by atoms with van der Waals surface area (Å²) in [5.41, 5.74) is 0.333. The van der Waals surface area contributed by atoms with Crippen LogP contribution in [0.5, 0.6) is 0 Å². The number of hydrogen-bond donors (Lipinski definition) is 1. The van der Waals surface area contributed by atoms with Crippen LogP contribution in [0, 0.1) is 0 Å². The number of hydrogen-bond acceptors (Lipinski definition) is 1. The molecule has 0 unspecified atom stereocenters. The number of H-pyrrole nitrogens is 1. The van der Waals surface area contributed by atoms with Crippen molar-refractivity contribution in [2.24, 2.45) is 0 Å². The van der Waals surface area contributed by atoms with Gasteiger partial charge in [-0.05, 0) is 17.5 Å². The fourth-order valence-electron chi connectivity index (χ4n) is 1.23. The van der Waals surface area contributed by atoms with E-state index in [0.29, 0.717) is 15.9 Å². The highest BCUT2D eigenvalue weighted by Gasteiger charge is 2.00. The van der Waals surface area contributed by atoms with Gasteiger partial charge in [0.05, 0.1) is 0 Å². The second-order valence-corrected chi connectivity index (χ2v) is 3.17. The molecule has 0 saturated carbocycles. The lowest BCUT2D eigenvalue weighted by atomic mass is 9.94. The summed E-state index contributed by atoms with van der Waals surface area (Å²) in [6, 6.07) is 5.04. The molecule has 2 aromatic rings. The summed E-state index contributed by atoms with van der Waals surface area (Å²) in [5, 5.41) is 1.76. The van der Waals surface area contributed by atoms with Gasteiger partial charge in [-0.2, -0.15) is 0 Å². The Bertz CT molecular complexity index is 520. The molecule has 0 aliphatic heterocycles. The van der Waals surface area contributed by atoms with E-state index in [-0.39, 0.29) is 5.56 Å². The number of rotatable bonds is 0. The summed E-state index contributed by atoms with van der Waals surface area (Å²) in [5.74, 6) is 0. The quantitative estimate of drug-likeness (QED) is 0.616. The SMILES string of the molecule is [B]c1cc2cc[nH]c(=O)c2cc1Cl. The Balaban J connectivity index is 2.97. The van der Waals surface area contributed by atoms with Gasteiger partial charge >= 0.3 is 0 Å². The van der Waals surface area contributed by atoms with Gasteiger partial charge < -0.3 is 4.98 Å². The largest absolute Gasteiger partial charge is 0.329 e. The molecule has 62 valence electrons. The number of aromatic nitrogens is 1. The van der Waals surface area contributed by atoms with Crippen molar-refractivity contribution in [3.05, 3.63) is 39.8 Å². The first kappa shape index (κ1) is 8.39. The van der Waals surface area contributed by atoms with Gasteiger partial charge in [0.2, 0.25) is 0 Å². The van der Waals surface area contributed by atoms with E-state index in [1.807, 2.05) is 0 Å². The molecular weight excluding hydrogens is 184 g/mol. The van der Waals surface area contributed by atoms with Crippen LogP contribution in [0.3, 0.4) is 0 Å². The molecule has 1 heterocycles. The van der Waals surface area contributed by atoms with Crippen molar-refractivity contribution in [3.63, 3.8) is 0 Å². The first-order valence-electron chi connectivity index (χ1n) is 3.75. The van der Waals surface area contributed by atoms with Crippen LogP contribution in [0.2, 0.25) is 5.02 Å². The molecule has 1 aromatic carbocycles. The van der Waals surface area contributed by atoms with E-state index in [4.69, 9.17) is 19.4 Å². The van der Waals surface area contributed by atoms with Crippen LogP contribution in [0.25, 0.3) is 10.8 Å². The highest BCUT2D eigenvalue weighted by atomic mass is 35.5. The lowest BCUT2D eigenvalue weighted by molar-refractivity contribution is 1.28. The molecule has 0 spiro atoms. The maximum atomic E-state index is 11.3. The third-order valence-corrected chi connectivity index (χ3v) is 2.22. The molecule has 0 amide bonds. The lowest BCUT2D eigenvalue weighted by Gasteiger charge is -2.00. The topological polar surface area (TPSA) is 32.9 Å². The Morgan fingerprint density at radius 1 is 1.38 bits per heavy atom. The Kier molecular flexibility index (Phi) is 1.89. The van der Waals surface area contributed by atoms with E-state index < -0.39 is 0 Å². The highest BCUT2D eigenvalue weighted by Crippen LogP contribution is 2.12. The monoisotopic (exact) mass is 189 g/mol. The molecule has 0 fully saturated rings. The van der Waals surface area contributed by atoms with E-state index in [0.717, 1.165) is 5.39 Å². The molecule has 4 heteroatoms. The fraction of sp³-hybridized carbons (Fsp3) is 0. The van der Waals surface area contributed by atoms with Crippen molar-refractivity contribution in [1.29, 1.82) is 0 Å². The molecule has 13 heavy (non-hydrogen) atoms. The Labute approximate surface area is 80.9 Å². The minimum atomic E-state index is -0.153. The highest BCUT2D eigenvalue weighted by molar-refractivity contribution is 6.45. The number of benzene rings is 1. The van der Waals surface area contributed by atoms with E-state index in [1.54, 1.807) is 24.4 Å². The zero-order valence-corrected chi connectivity index (χ0v) is 7.43. The molecule has 0 aliphatic rings. The van der Waals surface area contributed by atoms with Crippen LogP contribution >= 0.6 is 11.6 Å². The van der Waals surface area contributed by atoms with Gasteiger partial charge in [0.1, 0.15) is 7.85 Å². The number of halogens is 1. The maximum absolute atomic E-state index is 11.3. The molecule has 0 aliphatic carbocycles. The molecular formula is C9H5BClNO. The van der Waals surface area contributed by atoms with E-state index in [9.17, 15) is 4.79 Å². The molecule has 0 bridgehead atoms. The fourth-order valence-corrected chi connectivity index (χ4v) is 1.39. The summed E-state index contributed by atoms with van der Waals surface area (Å²) in [6.07, 6.45) is 1.58. The maximum Gasteiger partial charge on any atom is 0.255 e. The van der Waals surface area contributed by atoms with E-state index in [2.05, 4.69) is 4.98 Å². The van der Waals surface area contributed by atoms with Crippen LogP contribution in [0.1, 0.15) is 0 Å². The number of pyridine rings is 1. The average molecular weight is 189 g/mol. The molecule has 0 saturated heterocycles. The van der Waals surface area contributed by atoms with Crippen LogP contribution in [0.4, 0.5) is 0 Å². The van der Waals surface area contributed by atoms with Crippen molar-refractivity contribution in [2.75, 3.05) is 0 Å². The molecule has 2 nitrogen and oxygen atoms in total. The number of nitrogens with one attached hydrogen (secondary N) is 1. The van der Waals surface area contributed by atoms with Crippen molar-refractivity contribution in [2.45, 2.75) is 0 Å². The smallest absolute Gasteiger partial charge is 0.255 e. The van der Waals surface area contributed by atoms with Gasteiger partial charge in [0.25, 0.3) is 5.56 Å². The summed E-state index contributed by atoms with van der Waals surface area (Å²) in [4.78, 5) is 13.9. The first-order chi connectivity index (χ1) is 6.18. The van der Waals surface area contributed by atoms with E-state index in [1.165, 1.54) is 0 Å².